The van der Waals surface area contributed by atoms with Crippen molar-refractivity contribution >= 4 is 53.4 Å². The summed E-state index contributed by atoms with van der Waals surface area (Å²) in [5, 5.41) is 65.1. The molecular weight excluding hydrogens is 311 g/mol. The number of carbonyl (C=O) groups is 4. The monoisotopic (exact) mass is 323 g/mol. The maximum absolute atomic E-state index is 9.77. The molecule has 4 unspecified atom stereocenters. The summed E-state index contributed by atoms with van der Waals surface area (Å²) in [5.74, 6) is -7.07. The Morgan fingerprint density at radius 1 is 0.476 bits per heavy atom. The minimum Gasteiger partial charge on any atom is -0.479 e. The molecule has 0 saturated carbocycles. The van der Waals surface area contributed by atoms with Crippen LogP contribution >= 0.6 is 0 Å². The van der Waals surface area contributed by atoms with Gasteiger partial charge in [0.25, 0.3) is 0 Å². The third-order valence-electron chi connectivity index (χ3n) is 1.61. The van der Waals surface area contributed by atoms with Crippen LogP contribution in [0.4, 0.5) is 0 Å². The Morgan fingerprint density at radius 2 is 0.571 bits per heavy atom. The van der Waals surface area contributed by atoms with Gasteiger partial charge < -0.3 is 40.9 Å². The van der Waals surface area contributed by atoms with Crippen LogP contribution in [-0.4, -0.2) is 119 Å². The molecular formula is C8H12NaO12. The van der Waals surface area contributed by atoms with Crippen LogP contribution in [0.5, 0.6) is 0 Å². The Balaban J connectivity index is -0.000000295. The molecule has 0 rings (SSSR count). The van der Waals surface area contributed by atoms with E-state index in [0.717, 1.165) is 0 Å². The number of hydrogen-bond acceptors (Lipinski definition) is 8. The average molecular weight is 323 g/mol. The number of carboxylic acids is 4. The van der Waals surface area contributed by atoms with Crippen molar-refractivity contribution in [3.63, 3.8) is 0 Å². The molecule has 1 radical (unpaired) electrons. The molecule has 0 heterocycles. The van der Waals surface area contributed by atoms with Crippen molar-refractivity contribution in [3.05, 3.63) is 0 Å². The van der Waals surface area contributed by atoms with Crippen LogP contribution in [0.1, 0.15) is 0 Å². The number of aliphatic hydroxyl groups is 4. The average Bonchev–Trinajstić information content (AvgIpc) is 2.35. The maximum atomic E-state index is 9.77. The molecule has 117 valence electrons. The van der Waals surface area contributed by atoms with Gasteiger partial charge in [0.15, 0.2) is 24.4 Å². The Bertz CT molecular complexity index is 309. The molecule has 0 aliphatic carbocycles. The normalized spacial score (nSPS) is 15.0. The first-order valence-corrected chi connectivity index (χ1v) is 4.57. The van der Waals surface area contributed by atoms with Crippen molar-refractivity contribution in [1.82, 2.24) is 0 Å². The predicted molar refractivity (Wildman–Crippen MR) is 60.3 cm³/mol. The molecule has 0 fully saturated rings. The second-order valence-electron chi connectivity index (χ2n) is 3.13. The maximum Gasteiger partial charge on any atom is 0.335 e. The second-order valence-corrected chi connectivity index (χ2v) is 3.13. The van der Waals surface area contributed by atoms with Gasteiger partial charge in [-0.3, -0.25) is 0 Å². The summed E-state index contributed by atoms with van der Waals surface area (Å²) in [5.41, 5.74) is 0. The van der Waals surface area contributed by atoms with Crippen molar-refractivity contribution in [1.29, 1.82) is 0 Å². The Labute approximate surface area is 138 Å². The Morgan fingerprint density at radius 3 is 0.619 bits per heavy atom. The molecule has 0 aromatic carbocycles. The van der Waals surface area contributed by atoms with E-state index in [0.29, 0.717) is 0 Å². The largest absolute Gasteiger partial charge is 0.479 e. The molecule has 0 aromatic heterocycles. The van der Waals surface area contributed by atoms with Gasteiger partial charge in [-0.15, -0.1) is 0 Å². The standard InChI is InChI=1S/2C4H6O6.Na/c2*5-1(3(7)8)2(6)4(9)10;/h2*1-2,5-6H,(H,7,8)(H,9,10);. The SMILES string of the molecule is O=C(O)C(O)C(O)C(=O)O.O=C(O)C(O)C(O)C(=O)O.[Na]. The van der Waals surface area contributed by atoms with E-state index in [4.69, 9.17) is 40.9 Å². The summed E-state index contributed by atoms with van der Waals surface area (Å²) < 4.78 is 0. The summed E-state index contributed by atoms with van der Waals surface area (Å²) in [6, 6.07) is 0. The second kappa shape index (κ2) is 11.4. The minimum atomic E-state index is -2.27. The zero-order valence-electron chi connectivity index (χ0n) is 10.5. The first-order valence-electron chi connectivity index (χ1n) is 4.57. The molecule has 0 spiro atoms. The van der Waals surface area contributed by atoms with Crippen LogP contribution in [0, 0.1) is 0 Å². The molecule has 0 aliphatic heterocycles. The fourth-order valence-electron chi connectivity index (χ4n) is 0.540. The minimum absolute atomic E-state index is 0. The van der Waals surface area contributed by atoms with Crippen molar-refractivity contribution in [2.75, 3.05) is 0 Å². The molecule has 0 saturated heterocycles. The van der Waals surface area contributed by atoms with Gasteiger partial charge in [-0.25, -0.2) is 19.2 Å². The van der Waals surface area contributed by atoms with Gasteiger partial charge in [-0.05, 0) is 0 Å². The Hall–Kier alpha value is -1.28. The quantitative estimate of drug-likeness (QED) is 0.216. The summed E-state index contributed by atoms with van der Waals surface area (Å²) >= 11 is 0. The molecule has 13 heteroatoms. The van der Waals surface area contributed by atoms with Crippen LogP contribution in [0.3, 0.4) is 0 Å². The van der Waals surface area contributed by atoms with Gasteiger partial charge in [-0.1, -0.05) is 0 Å². The fraction of sp³-hybridized carbons (Fsp3) is 0.500. The summed E-state index contributed by atoms with van der Waals surface area (Å²) in [6.07, 6.45) is -9.06. The van der Waals surface area contributed by atoms with Crippen LogP contribution in [0.2, 0.25) is 0 Å². The van der Waals surface area contributed by atoms with Crippen molar-refractivity contribution < 1.29 is 60.0 Å². The zero-order valence-corrected chi connectivity index (χ0v) is 12.5. The van der Waals surface area contributed by atoms with Gasteiger partial charge in [0.1, 0.15) is 0 Å². The topological polar surface area (TPSA) is 230 Å². The van der Waals surface area contributed by atoms with Gasteiger partial charge in [0, 0.05) is 29.6 Å². The predicted octanol–water partition coefficient (Wildman–Crippen LogP) is -4.63. The number of rotatable bonds is 6. The van der Waals surface area contributed by atoms with Gasteiger partial charge in [0.05, 0.1) is 0 Å². The molecule has 12 nitrogen and oxygen atoms in total. The first-order chi connectivity index (χ1) is 8.93. The van der Waals surface area contributed by atoms with E-state index in [-0.39, 0.29) is 29.6 Å². The fourth-order valence-corrected chi connectivity index (χ4v) is 0.540. The number of hydrogen-bond donors (Lipinski definition) is 8. The molecule has 0 aliphatic rings. The van der Waals surface area contributed by atoms with Crippen molar-refractivity contribution in [2.24, 2.45) is 0 Å². The molecule has 21 heavy (non-hydrogen) atoms. The summed E-state index contributed by atoms with van der Waals surface area (Å²) in [6.45, 7) is 0. The number of aliphatic hydroxyl groups excluding tert-OH is 4. The molecule has 4 atom stereocenters. The van der Waals surface area contributed by atoms with Crippen LogP contribution < -0.4 is 0 Å². The number of carboxylic acid groups (broad SMARTS) is 4. The van der Waals surface area contributed by atoms with Crippen LogP contribution in [0.15, 0.2) is 0 Å². The van der Waals surface area contributed by atoms with E-state index in [1.807, 2.05) is 0 Å². The van der Waals surface area contributed by atoms with E-state index in [2.05, 4.69) is 0 Å². The third kappa shape index (κ3) is 10.1. The van der Waals surface area contributed by atoms with E-state index in [9.17, 15) is 19.2 Å². The van der Waals surface area contributed by atoms with E-state index >= 15 is 0 Å². The molecule has 0 amide bonds. The van der Waals surface area contributed by atoms with Crippen LogP contribution in [-0.2, 0) is 19.2 Å². The molecule has 8 N–H and O–H groups in total. The van der Waals surface area contributed by atoms with E-state index in [1.165, 1.54) is 0 Å². The van der Waals surface area contributed by atoms with E-state index < -0.39 is 48.3 Å². The first kappa shape index (κ1) is 24.7. The molecule has 0 aromatic rings. The van der Waals surface area contributed by atoms with Crippen molar-refractivity contribution in [3.8, 4) is 0 Å². The van der Waals surface area contributed by atoms with Crippen molar-refractivity contribution in [2.45, 2.75) is 24.4 Å². The zero-order chi connectivity index (χ0) is 16.6. The number of aliphatic carboxylic acids is 4. The van der Waals surface area contributed by atoms with Gasteiger partial charge >= 0.3 is 23.9 Å². The summed E-state index contributed by atoms with van der Waals surface area (Å²) in [7, 11) is 0. The molecule has 0 bridgehead atoms. The third-order valence-corrected chi connectivity index (χ3v) is 1.61. The van der Waals surface area contributed by atoms with Gasteiger partial charge in [0.2, 0.25) is 0 Å². The van der Waals surface area contributed by atoms with E-state index in [1.54, 1.807) is 0 Å². The summed E-state index contributed by atoms with van der Waals surface area (Å²) in [4.78, 5) is 39.1. The smallest absolute Gasteiger partial charge is 0.335 e. The van der Waals surface area contributed by atoms with Crippen LogP contribution in [0.25, 0.3) is 0 Å². The Kier molecular flexibility index (Phi) is 13.4. The van der Waals surface area contributed by atoms with Gasteiger partial charge in [-0.2, -0.15) is 0 Å².